The molecule has 16 heavy (non-hydrogen) atoms. The van der Waals surface area contributed by atoms with Gasteiger partial charge >= 0.3 is 0 Å². The van der Waals surface area contributed by atoms with Gasteiger partial charge in [-0.2, -0.15) is 0 Å². The standard InChI is InChI=1S/C13H14FNO/c1-3-9-5-4-6-11(14)12(9)13(16)15(2)10-7-8-10/h3-6,10H,1,7-8H2,2H3. The van der Waals surface area contributed by atoms with Crippen LogP contribution in [0.15, 0.2) is 24.8 Å². The third-order valence-electron chi connectivity index (χ3n) is 2.89. The van der Waals surface area contributed by atoms with Gasteiger partial charge in [-0.15, -0.1) is 0 Å². The Kier molecular flexibility index (Phi) is 2.77. The van der Waals surface area contributed by atoms with Gasteiger partial charge < -0.3 is 4.90 Å². The second-order valence-electron chi connectivity index (χ2n) is 4.06. The third-order valence-corrected chi connectivity index (χ3v) is 2.89. The molecule has 2 rings (SSSR count). The molecule has 0 aromatic heterocycles. The number of carbonyl (C=O) groups is 1. The van der Waals surface area contributed by atoms with E-state index in [1.165, 1.54) is 12.1 Å². The van der Waals surface area contributed by atoms with Gasteiger partial charge in [-0.1, -0.05) is 24.8 Å². The lowest BCUT2D eigenvalue weighted by Gasteiger charge is -2.17. The van der Waals surface area contributed by atoms with Crippen LogP contribution in [-0.2, 0) is 0 Å². The smallest absolute Gasteiger partial charge is 0.257 e. The summed E-state index contributed by atoms with van der Waals surface area (Å²) in [6.45, 7) is 3.60. The van der Waals surface area contributed by atoms with Crippen molar-refractivity contribution in [3.8, 4) is 0 Å². The Morgan fingerprint density at radius 1 is 1.56 bits per heavy atom. The summed E-state index contributed by atoms with van der Waals surface area (Å²) in [7, 11) is 1.72. The number of hydrogen-bond donors (Lipinski definition) is 0. The van der Waals surface area contributed by atoms with Gasteiger partial charge in [0.05, 0.1) is 5.56 Å². The molecule has 0 unspecified atom stereocenters. The van der Waals surface area contributed by atoms with Crippen molar-refractivity contribution in [2.24, 2.45) is 0 Å². The van der Waals surface area contributed by atoms with Crippen LogP contribution >= 0.6 is 0 Å². The van der Waals surface area contributed by atoms with Crippen LogP contribution in [0.25, 0.3) is 6.08 Å². The number of halogens is 1. The van der Waals surface area contributed by atoms with Crippen molar-refractivity contribution < 1.29 is 9.18 Å². The zero-order valence-electron chi connectivity index (χ0n) is 9.24. The molecule has 3 heteroatoms. The zero-order chi connectivity index (χ0) is 11.7. The summed E-state index contributed by atoms with van der Waals surface area (Å²) < 4.78 is 13.6. The molecule has 1 aromatic rings. The molecule has 0 saturated heterocycles. The van der Waals surface area contributed by atoms with Crippen LogP contribution in [0.4, 0.5) is 4.39 Å². The van der Waals surface area contributed by atoms with Gasteiger partial charge in [0.2, 0.25) is 0 Å². The zero-order valence-corrected chi connectivity index (χ0v) is 9.24. The number of benzene rings is 1. The second-order valence-corrected chi connectivity index (χ2v) is 4.06. The van der Waals surface area contributed by atoms with Crippen LogP contribution in [0.1, 0.15) is 28.8 Å². The summed E-state index contributed by atoms with van der Waals surface area (Å²) in [6, 6.07) is 4.87. The number of nitrogens with zero attached hydrogens (tertiary/aromatic N) is 1. The average Bonchev–Trinajstić information content (AvgIpc) is 3.10. The highest BCUT2D eigenvalue weighted by Crippen LogP contribution is 2.28. The van der Waals surface area contributed by atoms with Crippen LogP contribution < -0.4 is 0 Å². The Labute approximate surface area is 94.4 Å². The van der Waals surface area contributed by atoms with E-state index in [1.807, 2.05) is 0 Å². The number of amides is 1. The van der Waals surface area contributed by atoms with E-state index in [0.717, 1.165) is 12.8 Å². The van der Waals surface area contributed by atoms with Gasteiger partial charge in [0.1, 0.15) is 5.82 Å². The summed E-state index contributed by atoms with van der Waals surface area (Å²) in [5, 5.41) is 0. The Morgan fingerprint density at radius 2 is 2.25 bits per heavy atom. The first-order chi connectivity index (χ1) is 7.65. The number of rotatable bonds is 3. The summed E-state index contributed by atoms with van der Waals surface area (Å²) in [5.74, 6) is -0.731. The van der Waals surface area contributed by atoms with Crippen molar-refractivity contribution in [2.45, 2.75) is 18.9 Å². The third kappa shape index (κ3) is 1.85. The van der Waals surface area contributed by atoms with Crippen molar-refractivity contribution in [3.05, 3.63) is 41.7 Å². The highest BCUT2D eigenvalue weighted by atomic mass is 19.1. The quantitative estimate of drug-likeness (QED) is 0.765. The van der Waals surface area contributed by atoms with Crippen LogP contribution in [0.5, 0.6) is 0 Å². The van der Waals surface area contributed by atoms with Gasteiger partial charge in [0.25, 0.3) is 5.91 Å². The van der Waals surface area contributed by atoms with E-state index in [4.69, 9.17) is 0 Å². The summed E-state index contributed by atoms with van der Waals surface area (Å²) in [6.07, 6.45) is 3.54. The highest BCUT2D eigenvalue weighted by molar-refractivity contribution is 5.98. The average molecular weight is 219 g/mol. The molecule has 2 nitrogen and oxygen atoms in total. The van der Waals surface area contributed by atoms with Crippen molar-refractivity contribution in [3.63, 3.8) is 0 Å². The molecule has 1 fully saturated rings. The Bertz CT molecular complexity index is 438. The van der Waals surface area contributed by atoms with E-state index < -0.39 is 5.82 Å². The minimum absolute atomic E-state index is 0.131. The fourth-order valence-corrected chi connectivity index (χ4v) is 1.74. The van der Waals surface area contributed by atoms with Gasteiger partial charge in [-0.3, -0.25) is 4.79 Å². The molecule has 0 heterocycles. The van der Waals surface area contributed by atoms with Crippen LogP contribution in [0.2, 0.25) is 0 Å². The highest BCUT2D eigenvalue weighted by Gasteiger charge is 2.31. The molecular formula is C13H14FNO. The first kappa shape index (κ1) is 10.9. The SMILES string of the molecule is C=Cc1cccc(F)c1C(=O)N(C)C1CC1. The molecule has 1 saturated carbocycles. The number of hydrogen-bond acceptors (Lipinski definition) is 1. The minimum atomic E-state index is -0.477. The lowest BCUT2D eigenvalue weighted by Crippen LogP contribution is -2.30. The van der Waals surface area contributed by atoms with Gasteiger partial charge in [-0.25, -0.2) is 4.39 Å². The lowest BCUT2D eigenvalue weighted by molar-refractivity contribution is 0.0780. The molecule has 84 valence electrons. The molecule has 0 atom stereocenters. The predicted octanol–water partition coefficient (Wildman–Crippen LogP) is 2.70. The van der Waals surface area contributed by atoms with E-state index in [0.29, 0.717) is 5.56 Å². The maximum absolute atomic E-state index is 13.6. The van der Waals surface area contributed by atoms with Gasteiger partial charge in [0, 0.05) is 13.1 Å². The van der Waals surface area contributed by atoms with Gasteiger partial charge in [0.15, 0.2) is 0 Å². The molecule has 1 amide bonds. The van der Waals surface area contributed by atoms with Crippen molar-refractivity contribution >= 4 is 12.0 Å². The Morgan fingerprint density at radius 3 is 2.81 bits per heavy atom. The van der Waals surface area contributed by atoms with Crippen LogP contribution in [0, 0.1) is 5.82 Å². The molecule has 0 aliphatic heterocycles. The van der Waals surface area contributed by atoms with E-state index in [9.17, 15) is 9.18 Å². The fourth-order valence-electron chi connectivity index (χ4n) is 1.74. The largest absolute Gasteiger partial charge is 0.339 e. The minimum Gasteiger partial charge on any atom is -0.339 e. The van der Waals surface area contributed by atoms with Gasteiger partial charge in [-0.05, 0) is 24.5 Å². The maximum atomic E-state index is 13.6. The van der Waals surface area contributed by atoms with E-state index in [2.05, 4.69) is 6.58 Å². The molecule has 0 radical (unpaired) electrons. The van der Waals surface area contributed by atoms with E-state index in [-0.39, 0.29) is 17.5 Å². The molecular weight excluding hydrogens is 205 g/mol. The van der Waals surface area contributed by atoms with Crippen molar-refractivity contribution in [1.29, 1.82) is 0 Å². The Hall–Kier alpha value is -1.64. The molecule has 0 bridgehead atoms. The van der Waals surface area contributed by atoms with E-state index >= 15 is 0 Å². The normalized spacial score (nSPS) is 14.6. The molecule has 0 spiro atoms. The lowest BCUT2D eigenvalue weighted by atomic mass is 10.1. The van der Waals surface area contributed by atoms with E-state index in [1.54, 1.807) is 24.1 Å². The molecule has 1 aromatic carbocycles. The topological polar surface area (TPSA) is 20.3 Å². The molecule has 1 aliphatic carbocycles. The van der Waals surface area contributed by atoms with Crippen molar-refractivity contribution in [2.75, 3.05) is 7.05 Å². The summed E-state index contributed by atoms with van der Waals surface area (Å²) >= 11 is 0. The van der Waals surface area contributed by atoms with Crippen molar-refractivity contribution in [1.82, 2.24) is 4.90 Å². The molecule has 1 aliphatic rings. The number of carbonyl (C=O) groups excluding carboxylic acids is 1. The second kappa shape index (κ2) is 4.08. The maximum Gasteiger partial charge on any atom is 0.257 e. The Balaban J connectivity index is 2.37. The predicted molar refractivity (Wildman–Crippen MR) is 61.6 cm³/mol. The summed E-state index contributed by atoms with van der Waals surface area (Å²) in [5.41, 5.74) is 0.685. The monoisotopic (exact) mass is 219 g/mol. The summed E-state index contributed by atoms with van der Waals surface area (Å²) in [4.78, 5) is 13.7. The first-order valence-corrected chi connectivity index (χ1v) is 5.33. The fraction of sp³-hybridized carbons (Fsp3) is 0.308. The first-order valence-electron chi connectivity index (χ1n) is 5.33. The van der Waals surface area contributed by atoms with Crippen LogP contribution in [-0.4, -0.2) is 23.9 Å². The van der Waals surface area contributed by atoms with Crippen LogP contribution in [0.3, 0.4) is 0 Å². The molecule has 0 N–H and O–H groups in total.